The second kappa shape index (κ2) is 15.7. The summed E-state index contributed by atoms with van der Waals surface area (Å²) in [7, 11) is -3.83. The number of hydrogen-bond acceptors (Lipinski definition) is 9. The highest BCUT2D eigenvalue weighted by Crippen LogP contribution is 2.58. The quantitative estimate of drug-likeness (QED) is 0.310. The molecule has 3 aliphatic carbocycles. The van der Waals surface area contributed by atoms with E-state index < -0.39 is 68.0 Å². The first kappa shape index (κ1) is 40.7. The van der Waals surface area contributed by atoms with E-state index in [0.717, 1.165) is 62.5 Å². The molecule has 1 aromatic rings. The summed E-state index contributed by atoms with van der Waals surface area (Å²) in [6.07, 6.45) is 9.52. The van der Waals surface area contributed by atoms with Crippen LogP contribution in [0.15, 0.2) is 18.2 Å². The fourth-order valence-electron chi connectivity index (χ4n) is 10.1. The topological polar surface area (TPSA) is 156 Å². The Kier molecular flexibility index (Phi) is 11.4. The zero-order chi connectivity index (χ0) is 40.0. The maximum atomic E-state index is 14.8. The number of fused-ring (bicyclic) bond motifs is 3. The summed E-state index contributed by atoms with van der Waals surface area (Å²) in [6, 6.07) is 5.21. The number of rotatable bonds is 7. The van der Waals surface area contributed by atoms with E-state index in [2.05, 4.69) is 10.8 Å². The number of cyclic esters (lactones) is 1. The van der Waals surface area contributed by atoms with Gasteiger partial charge in [0.2, 0.25) is 21.8 Å². The number of nitrogens with one attached hydrogen (secondary N) is 1. The first-order valence-corrected chi connectivity index (χ1v) is 22.7. The molecule has 3 amide bonds. The SMILES string of the molecule is CC[C@@H]1C[C@]1(CC(=O)[C@@H]1C[C@@H]2CN1C(=O)[C@H](C(C)(C)C)CC(=O)OCC1(CCCCC1)CCCCc1cccc3c1CN(C3)C(=O)O2)C(=O)NS(=O)(=O)C1CC1. The Balaban J connectivity index is 1.17. The molecule has 1 aromatic carbocycles. The zero-order valence-electron chi connectivity index (χ0n) is 33.7. The second-order valence-corrected chi connectivity index (χ2v) is 21.0. The molecule has 0 unspecified atom stereocenters. The van der Waals surface area contributed by atoms with Crippen molar-refractivity contribution in [2.45, 2.75) is 161 Å². The maximum absolute atomic E-state index is 14.8. The lowest BCUT2D eigenvalue weighted by molar-refractivity contribution is -0.156. The van der Waals surface area contributed by atoms with Crippen molar-refractivity contribution in [3.63, 3.8) is 0 Å². The van der Waals surface area contributed by atoms with Crippen molar-refractivity contribution in [3.05, 3.63) is 34.9 Å². The average molecular weight is 796 g/mol. The number of aryl methyl sites for hydroxylation is 1. The van der Waals surface area contributed by atoms with Crippen LogP contribution in [-0.4, -0.2) is 78.4 Å². The van der Waals surface area contributed by atoms with E-state index in [1.165, 1.54) is 16.9 Å². The van der Waals surface area contributed by atoms with Gasteiger partial charge in [-0.25, -0.2) is 13.2 Å². The molecule has 13 heteroatoms. The lowest BCUT2D eigenvalue weighted by Crippen LogP contribution is -2.48. The third-order valence-corrected chi connectivity index (χ3v) is 15.8. The highest BCUT2D eigenvalue weighted by atomic mass is 32.2. The Morgan fingerprint density at radius 1 is 0.964 bits per heavy atom. The number of carbonyl (C=O) groups excluding carboxylic acids is 5. The van der Waals surface area contributed by atoms with Gasteiger partial charge in [0.15, 0.2) is 5.78 Å². The normalized spacial score (nSPS) is 30.1. The lowest BCUT2D eigenvalue weighted by atomic mass is 9.71. The van der Waals surface area contributed by atoms with E-state index >= 15 is 0 Å². The van der Waals surface area contributed by atoms with Crippen LogP contribution in [0.1, 0.15) is 141 Å². The highest BCUT2D eigenvalue weighted by Gasteiger charge is 2.62. The first-order chi connectivity index (χ1) is 26.5. The molecule has 5 atom stereocenters. The largest absolute Gasteiger partial charge is 0.465 e. The Morgan fingerprint density at radius 3 is 2.32 bits per heavy atom. The summed E-state index contributed by atoms with van der Waals surface area (Å²) >= 11 is 0. The molecule has 12 nitrogen and oxygen atoms in total. The molecule has 0 radical (unpaired) electrons. The molecule has 6 aliphatic rings. The molecule has 1 N–H and O–H groups in total. The number of ketones is 1. The predicted molar refractivity (Wildman–Crippen MR) is 208 cm³/mol. The molecular formula is C43H61N3O9S. The van der Waals surface area contributed by atoms with Crippen LogP contribution in [0, 0.1) is 28.1 Å². The van der Waals surface area contributed by atoms with Gasteiger partial charge >= 0.3 is 12.1 Å². The van der Waals surface area contributed by atoms with Crippen molar-refractivity contribution in [2.24, 2.45) is 28.1 Å². The molecular weight excluding hydrogens is 735 g/mol. The zero-order valence-corrected chi connectivity index (χ0v) is 34.6. The number of Topliss-reactive ketones (excluding diaryl/α,β-unsaturated/α-hetero) is 1. The van der Waals surface area contributed by atoms with E-state index in [9.17, 15) is 32.4 Å². The fraction of sp³-hybridized carbons (Fsp3) is 0.744. The smallest absolute Gasteiger partial charge is 0.410 e. The minimum atomic E-state index is -3.83. The summed E-state index contributed by atoms with van der Waals surface area (Å²) in [5, 5.41) is -0.590. The second-order valence-electron chi connectivity index (χ2n) is 19.0. The predicted octanol–water partition coefficient (Wildman–Crippen LogP) is 6.36. The molecule has 3 aliphatic heterocycles. The van der Waals surface area contributed by atoms with Gasteiger partial charge in [-0.15, -0.1) is 0 Å². The number of sulfonamides is 1. The van der Waals surface area contributed by atoms with Crippen molar-refractivity contribution < 1.29 is 41.9 Å². The van der Waals surface area contributed by atoms with Gasteiger partial charge in [0.05, 0.1) is 42.2 Å². The molecule has 3 saturated carbocycles. The lowest BCUT2D eigenvalue weighted by Gasteiger charge is -2.38. The van der Waals surface area contributed by atoms with Crippen molar-refractivity contribution >= 4 is 39.7 Å². The standard InChI is InChI=1S/C43H61N3O9S/c1-5-30-22-43(30,39(50)44-56(52,53)32-15-16-32)23-36(47)35-20-31-25-46(35)38(49)34(41(2,3)4)21-37(48)54-27-42(17-8-6-9-18-42)19-10-7-12-28-13-11-14-29-24-45(26-33(28)29)40(51)55-31/h11,13-14,30-32,34-35H,5-10,12,15-27H2,1-4H3,(H,44,50)/t30-,31-,34-,35+,43-/m1/s1. The Labute approximate surface area is 332 Å². The Morgan fingerprint density at radius 2 is 1.66 bits per heavy atom. The number of esters is 1. The van der Waals surface area contributed by atoms with Crippen LogP contribution in [0.3, 0.4) is 0 Å². The molecule has 0 aromatic heterocycles. The van der Waals surface area contributed by atoms with Gasteiger partial charge in [-0.05, 0) is 79.4 Å². The van der Waals surface area contributed by atoms with Crippen LogP contribution >= 0.6 is 0 Å². The van der Waals surface area contributed by atoms with Gasteiger partial charge in [0.25, 0.3) is 0 Å². The third-order valence-electron chi connectivity index (χ3n) is 14.0. The van der Waals surface area contributed by atoms with Crippen molar-refractivity contribution in [1.29, 1.82) is 0 Å². The molecule has 1 saturated heterocycles. The summed E-state index contributed by atoms with van der Waals surface area (Å²) in [4.78, 5) is 73.5. The van der Waals surface area contributed by atoms with Crippen LogP contribution in [0.2, 0.25) is 0 Å². The number of ether oxygens (including phenoxy) is 2. The van der Waals surface area contributed by atoms with E-state index in [1.54, 1.807) is 4.90 Å². The van der Waals surface area contributed by atoms with E-state index in [-0.39, 0.29) is 42.9 Å². The number of benzene rings is 1. The van der Waals surface area contributed by atoms with Crippen LogP contribution in [0.5, 0.6) is 0 Å². The fourth-order valence-corrected chi connectivity index (χ4v) is 11.5. The maximum Gasteiger partial charge on any atom is 0.410 e. The van der Waals surface area contributed by atoms with E-state index in [4.69, 9.17) is 9.47 Å². The summed E-state index contributed by atoms with van der Waals surface area (Å²) in [6.45, 7) is 8.71. The van der Waals surface area contributed by atoms with Crippen molar-refractivity contribution in [1.82, 2.24) is 14.5 Å². The van der Waals surface area contributed by atoms with Gasteiger partial charge in [0, 0.05) is 31.3 Å². The summed E-state index contributed by atoms with van der Waals surface area (Å²) in [5.41, 5.74) is 1.50. The minimum Gasteiger partial charge on any atom is -0.465 e. The highest BCUT2D eigenvalue weighted by molar-refractivity contribution is 7.90. The minimum absolute atomic E-state index is 0.0375. The van der Waals surface area contributed by atoms with Crippen LogP contribution in [0.25, 0.3) is 0 Å². The van der Waals surface area contributed by atoms with Crippen molar-refractivity contribution in [2.75, 3.05) is 13.2 Å². The summed E-state index contributed by atoms with van der Waals surface area (Å²) < 4.78 is 40.0. The van der Waals surface area contributed by atoms with Gasteiger partial charge < -0.3 is 14.4 Å². The van der Waals surface area contributed by atoms with Crippen LogP contribution in [-0.2, 0) is 58.2 Å². The number of hydrogen-bond donors (Lipinski definition) is 1. The third kappa shape index (κ3) is 8.53. The van der Waals surface area contributed by atoms with Gasteiger partial charge in [0.1, 0.15) is 6.10 Å². The molecule has 4 bridgehead atoms. The van der Waals surface area contributed by atoms with Gasteiger partial charge in [-0.2, -0.15) is 0 Å². The molecule has 56 heavy (non-hydrogen) atoms. The molecule has 1 spiro atoms. The average Bonchev–Trinajstić information content (AvgIpc) is 4.05. The van der Waals surface area contributed by atoms with Crippen LogP contribution < -0.4 is 4.72 Å². The van der Waals surface area contributed by atoms with Gasteiger partial charge in [-0.3, -0.25) is 28.8 Å². The summed E-state index contributed by atoms with van der Waals surface area (Å²) in [5.74, 6) is -2.89. The number of nitrogens with zero attached hydrogens (tertiary/aromatic N) is 2. The Hall–Kier alpha value is -3.48. The van der Waals surface area contributed by atoms with Gasteiger partial charge in [-0.1, -0.05) is 78.0 Å². The molecule has 4 fully saturated rings. The van der Waals surface area contributed by atoms with Crippen molar-refractivity contribution in [3.8, 4) is 0 Å². The Bertz CT molecular complexity index is 1830. The van der Waals surface area contributed by atoms with Crippen LogP contribution in [0.4, 0.5) is 4.79 Å². The molecule has 3 heterocycles. The molecule has 7 rings (SSSR count). The van der Waals surface area contributed by atoms with E-state index in [0.29, 0.717) is 45.4 Å². The number of carbonyl (C=O) groups is 5. The number of amides is 3. The first-order valence-electron chi connectivity index (χ1n) is 21.1. The van der Waals surface area contributed by atoms with E-state index in [1.807, 2.05) is 39.8 Å². The monoisotopic (exact) mass is 795 g/mol. The molecule has 308 valence electrons.